The lowest BCUT2D eigenvalue weighted by atomic mass is 10.1. The lowest BCUT2D eigenvalue weighted by molar-refractivity contribution is -0.366. The van der Waals surface area contributed by atoms with Gasteiger partial charge in [-0.2, -0.15) is 0 Å². The van der Waals surface area contributed by atoms with Crippen molar-refractivity contribution in [3.63, 3.8) is 0 Å². The van der Waals surface area contributed by atoms with E-state index in [1.165, 1.54) is 5.56 Å². The van der Waals surface area contributed by atoms with Crippen molar-refractivity contribution >= 4 is 45.2 Å². The van der Waals surface area contributed by atoms with Gasteiger partial charge in [0, 0.05) is 6.42 Å². The Hall–Kier alpha value is -0.540. The molecule has 2 aromatic carbocycles. The number of ether oxygens (including phenoxy) is 1. The van der Waals surface area contributed by atoms with Gasteiger partial charge >= 0.3 is 0 Å². The molecule has 0 atom stereocenters. The first-order chi connectivity index (χ1) is 9.10. The minimum absolute atomic E-state index is 0.238. The smallest absolute Gasteiger partial charge is 0.154 e. The number of benzene rings is 2. The Morgan fingerprint density at radius 2 is 1.63 bits per heavy atom. The van der Waals surface area contributed by atoms with E-state index in [-0.39, 0.29) is 5.75 Å². The molecule has 0 aromatic heterocycles. The molecule has 0 aliphatic carbocycles. The highest BCUT2D eigenvalue weighted by atomic mass is 127. The molecule has 5 heteroatoms. The highest BCUT2D eigenvalue weighted by Crippen LogP contribution is 2.33. The van der Waals surface area contributed by atoms with E-state index in [4.69, 9.17) is 4.74 Å². The maximum Gasteiger partial charge on any atom is 0.154 e. The molecular formula is C14H14I2NO2+. The van der Waals surface area contributed by atoms with Crippen LogP contribution in [0.2, 0.25) is 0 Å². The van der Waals surface area contributed by atoms with Gasteiger partial charge in [-0.25, -0.2) is 0 Å². The molecule has 19 heavy (non-hydrogen) atoms. The first-order valence-electron chi connectivity index (χ1n) is 5.84. The first-order valence-corrected chi connectivity index (χ1v) is 8.00. The van der Waals surface area contributed by atoms with Crippen LogP contribution in [0.4, 0.5) is 0 Å². The van der Waals surface area contributed by atoms with E-state index >= 15 is 0 Å². The summed E-state index contributed by atoms with van der Waals surface area (Å²) < 4.78 is 8.05. The average molecular weight is 482 g/mol. The van der Waals surface area contributed by atoms with Crippen LogP contribution in [0.1, 0.15) is 5.56 Å². The largest absolute Gasteiger partial charge is 0.508 e. The number of halogens is 2. The van der Waals surface area contributed by atoms with Crippen LogP contribution in [0.25, 0.3) is 0 Å². The lowest BCUT2D eigenvalue weighted by Gasteiger charge is -2.11. The van der Waals surface area contributed by atoms with Gasteiger partial charge in [0.2, 0.25) is 0 Å². The zero-order valence-electron chi connectivity index (χ0n) is 10.2. The van der Waals surface area contributed by atoms with Crippen molar-refractivity contribution in [1.29, 1.82) is 0 Å². The zero-order chi connectivity index (χ0) is 13.8. The summed E-state index contributed by atoms with van der Waals surface area (Å²) in [5.41, 5.74) is 5.16. The summed E-state index contributed by atoms with van der Waals surface area (Å²) in [5, 5.41) is 9.26. The van der Waals surface area contributed by atoms with Crippen molar-refractivity contribution in [2.45, 2.75) is 6.42 Å². The second-order valence-electron chi connectivity index (χ2n) is 4.09. The molecule has 0 saturated carbocycles. The summed E-state index contributed by atoms with van der Waals surface area (Å²) in [6.07, 6.45) is 0.978. The Labute approximate surface area is 139 Å². The number of phenolic OH excluding ortho intramolecular Hbond substituents is 1. The second-order valence-corrected chi connectivity index (χ2v) is 6.41. The molecule has 0 aliphatic heterocycles. The maximum absolute atomic E-state index is 9.26. The summed E-state index contributed by atoms with van der Waals surface area (Å²) in [4.78, 5) is 0. The van der Waals surface area contributed by atoms with Crippen LogP contribution in [0.15, 0.2) is 36.4 Å². The van der Waals surface area contributed by atoms with Gasteiger partial charge < -0.3 is 15.6 Å². The van der Waals surface area contributed by atoms with Crippen LogP contribution in [0.5, 0.6) is 17.2 Å². The molecule has 2 aromatic rings. The van der Waals surface area contributed by atoms with Gasteiger partial charge in [-0.3, -0.25) is 0 Å². The minimum atomic E-state index is 0.238. The summed E-state index contributed by atoms with van der Waals surface area (Å²) in [5.74, 6) is 1.82. The van der Waals surface area contributed by atoms with Crippen LogP contribution < -0.4 is 10.5 Å². The lowest BCUT2D eigenvalue weighted by Crippen LogP contribution is -2.51. The molecule has 0 unspecified atom stereocenters. The quantitative estimate of drug-likeness (QED) is 0.659. The van der Waals surface area contributed by atoms with Crippen molar-refractivity contribution < 1.29 is 15.6 Å². The molecule has 3 nitrogen and oxygen atoms in total. The standard InChI is InChI=1S/C14H13I2NO2/c15-12-7-9(5-6-17)8-13(16)14(12)19-11-3-1-10(18)2-4-11/h1-4,7-8,18H,5-6,17H2/p+1. The molecule has 0 heterocycles. The van der Waals surface area contributed by atoms with E-state index in [1.54, 1.807) is 24.3 Å². The number of hydrogen-bond acceptors (Lipinski definition) is 2. The third-order valence-corrected chi connectivity index (χ3v) is 4.18. The van der Waals surface area contributed by atoms with Gasteiger partial charge in [-0.15, -0.1) is 0 Å². The highest BCUT2D eigenvalue weighted by Gasteiger charge is 2.10. The number of rotatable bonds is 4. The van der Waals surface area contributed by atoms with Gasteiger partial charge in [0.25, 0.3) is 0 Å². The predicted octanol–water partition coefficient (Wildman–Crippen LogP) is 3.18. The third-order valence-electron chi connectivity index (χ3n) is 2.58. The minimum Gasteiger partial charge on any atom is -0.508 e. The fourth-order valence-corrected chi connectivity index (χ4v) is 3.81. The van der Waals surface area contributed by atoms with Gasteiger partial charge in [0.1, 0.15) is 11.5 Å². The number of aromatic hydroxyl groups is 1. The van der Waals surface area contributed by atoms with Crippen molar-refractivity contribution in [1.82, 2.24) is 0 Å². The van der Waals surface area contributed by atoms with Crippen molar-refractivity contribution in [2.75, 3.05) is 6.54 Å². The molecule has 0 aliphatic rings. The number of phenols is 1. The van der Waals surface area contributed by atoms with E-state index in [2.05, 4.69) is 63.0 Å². The third kappa shape index (κ3) is 3.96. The van der Waals surface area contributed by atoms with Crippen LogP contribution >= 0.6 is 45.2 Å². The topological polar surface area (TPSA) is 57.1 Å². The van der Waals surface area contributed by atoms with Crippen molar-refractivity contribution in [2.24, 2.45) is 0 Å². The van der Waals surface area contributed by atoms with Crippen molar-refractivity contribution in [3.05, 3.63) is 49.1 Å². The van der Waals surface area contributed by atoms with Crippen LogP contribution in [0.3, 0.4) is 0 Å². The molecule has 4 N–H and O–H groups in total. The molecular weight excluding hydrogens is 468 g/mol. The van der Waals surface area contributed by atoms with Crippen LogP contribution in [0, 0.1) is 7.14 Å². The van der Waals surface area contributed by atoms with Gasteiger partial charge in [0.15, 0.2) is 5.75 Å². The Balaban J connectivity index is 2.27. The monoisotopic (exact) mass is 482 g/mol. The molecule has 100 valence electrons. The van der Waals surface area contributed by atoms with Gasteiger partial charge in [0.05, 0.1) is 13.7 Å². The Morgan fingerprint density at radius 1 is 1.05 bits per heavy atom. The van der Waals surface area contributed by atoms with Crippen LogP contribution in [-0.4, -0.2) is 11.7 Å². The fraction of sp³-hybridized carbons (Fsp3) is 0.143. The zero-order valence-corrected chi connectivity index (χ0v) is 14.5. The number of quaternary nitrogens is 1. The highest BCUT2D eigenvalue weighted by molar-refractivity contribution is 14.1. The summed E-state index contributed by atoms with van der Waals surface area (Å²) in [6.45, 7) is 0.893. The number of hydrogen-bond donors (Lipinski definition) is 2. The molecule has 2 rings (SSSR count). The molecule has 0 fully saturated rings. The molecule has 0 spiro atoms. The van der Waals surface area contributed by atoms with Gasteiger partial charge in [-0.05, 0) is 87.1 Å². The van der Waals surface area contributed by atoms with E-state index in [9.17, 15) is 5.11 Å². The predicted molar refractivity (Wildman–Crippen MR) is 91.5 cm³/mol. The molecule has 0 saturated heterocycles. The molecule has 0 radical (unpaired) electrons. The Kier molecular flexibility index (Phi) is 5.28. The van der Waals surface area contributed by atoms with E-state index in [0.29, 0.717) is 0 Å². The second kappa shape index (κ2) is 6.76. The normalized spacial score (nSPS) is 10.5. The molecule has 0 amide bonds. The maximum atomic E-state index is 9.26. The average Bonchev–Trinajstić information content (AvgIpc) is 2.36. The first kappa shape index (κ1) is 14.9. The SMILES string of the molecule is [NH3+]CCc1cc(I)c(Oc2ccc(O)cc2)c(I)c1. The Morgan fingerprint density at radius 3 is 2.16 bits per heavy atom. The summed E-state index contributed by atoms with van der Waals surface area (Å²) in [6, 6.07) is 11.0. The van der Waals surface area contributed by atoms with E-state index < -0.39 is 0 Å². The Bertz CT molecular complexity index is 547. The van der Waals surface area contributed by atoms with Crippen molar-refractivity contribution in [3.8, 4) is 17.2 Å². The summed E-state index contributed by atoms with van der Waals surface area (Å²) in [7, 11) is 0. The van der Waals surface area contributed by atoms with E-state index in [0.717, 1.165) is 31.6 Å². The van der Waals surface area contributed by atoms with E-state index in [1.807, 2.05) is 0 Å². The fourth-order valence-electron chi connectivity index (χ4n) is 1.69. The van der Waals surface area contributed by atoms with Crippen LogP contribution in [-0.2, 0) is 6.42 Å². The molecule has 0 bridgehead atoms. The van der Waals surface area contributed by atoms with Gasteiger partial charge in [-0.1, -0.05) is 0 Å². The summed E-state index contributed by atoms with van der Waals surface area (Å²) >= 11 is 4.57.